The standard InChI is InChI=1S/C16H18N4O2/c1-3-22-16(21)11(2)10-14-18-19-15(20(14)13-4-5-13)12-6-8-17-9-7-12/h6-10,13H,3-5H2,1-2H3/b11-10+. The Morgan fingerprint density at radius 3 is 2.73 bits per heavy atom. The highest BCUT2D eigenvalue weighted by Gasteiger charge is 2.29. The molecule has 0 bridgehead atoms. The van der Waals surface area contributed by atoms with Crippen LogP contribution in [0.5, 0.6) is 0 Å². The maximum Gasteiger partial charge on any atom is 0.333 e. The van der Waals surface area contributed by atoms with E-state index >= 15 is 0 Å². The molecule has 0 amide bonds. The summed E-state index contributed by atoms with van der Waals surface area (Å²) in [5, 5.41) is 8.54. The van der Waals surface area contributed by atoms with Gasteiger partial charge < -0.3 is 9.30 Å². The number of carbonyl (C=O) groups is 1. The van der Waals surface area contributed by atoms with Crippen molar-refractivity contribution in [2.75, 3.05) is 6.61 Å². The Balaban J connectivity index is 1.98. The summed E-state index contributed by atoms with van der Waals surface area (Å²) in [5.41, 5.74) is 1.50. The molecule has 3 rings (SSSR count). The van der Waals surface area contributed by atoms with Gasteiger partial charge in [0.25, 0.3) is 0 Å². The van der Waals surface area contributed by atoms with Crippen molar-refractivity contribution >= 4 is 12.0 Å². The first-order valence-corrected chi connectivity index (χ1v) is 7.41. The molecule has 0 atom stereocenters. The fourth-order valence-electron chi connectivity index (χ4n) is 2.29. The van der Waals surface area contributed by atoms with E-state index in [1.165, 1.54) is 0 Å². The highest BCUT2D eigenvalue weighted by atomic mass is 16.5. The Bertz CT molecular complexity index is 702. The third-order valence-electron chi connectivity index (χ3n) is 3.52. The average molecular weight is 298 g/mol. The molecule has 2 aromatic rings. The van der Waals surface area contributed by atoms with Crippen molar-refractivity contribution in [1.29, 1.82) is 0 Å². The lowest BCUT2D eigenvalue weighted by molar-refractivity contribution is -0.138. The van der Waals surface area contributed by atoms with Crippen LogP contribution in [0.4, 0.5) is 0 Å². The van der Waals surface area contributed by atoms with E-state index in [4.69, 9.17) is 4.74 Å². The fraction of sp³-hybridized carbons (Fsp3) is 0.375. The quantitative estimate of drug-likeness (QED) is 0.627. The third kappa shape index (κ3) is 2.90. The minimum atomic E-state index is -0.321. The number of ether oxygens (including phenoxy) is 1. The highest BCUT2D eigenvalue weighted by Crippen LogP contribution is 2.39. The highest BCUT2D eigenvalue weighted by molar-refractivity contribution is 5.92. The lowest BCUT2D eigenvalue weighted by Gasteiger charge is -2.07. The number of carbonyl (C=O) groups excluding carboxylic acids is 1. The molecule has 0 N–H and O–H groups in total. The Morgan fingerprint density at radius 1 is 1.36 bits per heavy atom. The second-order valence-corrected chi connectivity index (χ2v) is 5.27. The van der Waals surface area contributed by atoms with Crippen LogP contribution in [0.15, 0.2) is 30.1 Å². The number of rotatable bonds is 5. The summed E-state index contributed by atoms with van der Waals surface area (Å²) in [5.74, 6) is 1.19. The zero-order valence-corrected chi connectivity index (χ0v) is 12.7. The second-order valence-electron chi connectivity index (χ2n) is 5.27. The molecule has 0 aliphatic heterocycles. The summed E-state index contributed by atoms with van der Waals surface area (Å²) in [7, 11) is 0. The van der Waals surface area contributed by atoms with E-state index in [2.05, 4.69) is 19.7 Å². The monoisotopic (exact) mass is 298 g/mol. The predicted molar refractivity (Wildman–Crippen MR) is 81.8 cm³/mol. The molecule has 1 fully saturated rings. The minimum absolute atomic E-state index is 0.321. The summed E-state index contributed by atoms with van der Waals surface area (Å²) in [6, 6.07) is 4.22. The summed E-state index contributed by atoms with van der Waals surface area (Å²) >= 11 is 0. The van der Waals surface area contributed by atoms with Crippen LogP contribution in [0.1, 0.15) is 38.6 Å². The Morgan fingerprint density at radius 2 is 2.09 bits per heavy atom. The summed E-state index contributed by atoms with van der Waals surface area (Å²) in [4.78, 5) is 15.8. The van der Waals surface area contributed by atoms with E-state index < -0.39 is 0 Å². The topological polar surface area (TPSA) is 69.9 Å². The molecule has 114 valence electrons. The van der Waals surface area contributed by atoms with E-state index in [-0.39, 0.29) is 5.97 Å². The van der Waals surface area contributed by atoms with Crippen molar-refractivity contribution < 1.29 is 9.53 Å². The molecule has 0 saturated heterocycles. The number of aromatic nitrogens is 4. The van der Waals surface area contributed by atoms with Gasteiger partial charge in [0.1, 0.15) is 0 Å². The third-order valence-corrected chi connectivity index (χ3v) is 3.52. The molecular formula is C16H18N4O2. The van der Waals surface area contributed by atoms with Crippen LogP contribution >= 0.6 is 0 Å². The average Bonchev–Trinajstić information content (AvgIpc) is 3.29. The SMILES string of the molecule is CCOC(=O)/C(C)=C/c1nnc(-c2ccncc2)n1C1CC1. The zero-order chi connectivity index (χ0) is 15.5. The van der Waals surface area contributed by atoms with Gasteiger partial charge in [0, 0.05) is 29.6 Å². The van der Waals surface area contributed by atoms with Gasteiger partial charge in [0.2, 0.25) is 0 Å². The Kier molecular flexibility index (Phi) is 4.00. The van der Waals surface area contributed by atoms with Crippen LogP contribution in [-0.4, -0.2) is 32.3 Å². The van der Waals surface area contributed by atoms with Crippen LogP contribution in [0.25, 0.3) is 17.5 Å². The van der Waals surface area contributed by atoms with Gasteiger partial charge in [0.05, 0.1) is 6.61 Å². The van der Waals surface area contributed by atoms with E-state index in [1.807, 2.05) is 12.1 Å². The van der Waals surface area contributed by atoms with Crippen LogP contribution in [-0.2, 0) is 9.53 Å². The zero-order valence-electron chi connectivity index (χ0n) is 12.7. The maximum atomic E-state index is 11.8. The molecule has 1 aliphatic rings. The van der Waals surface area contributed by atoms with Gasteiger partial charge in [-0.25, -0.2) is 4.79 Å². The van der Waals surface area contributed by atoms with Gasteiger partial charge in [-0.15, -0.1) is 10.2 Å². The molecule has 22 heavy (non-hydrogen) atoms. The number of pyridine rings is 1. The molecule has 2 aromatic heterocycles. The van der Waals surface area contributed by atoms with Gasteiger partial charge in [-0.2, -0.15) is 0 Å². The number of hydrogen-bond donors (Lipinski definition) is 0. The van der Waals surface area contributed by atoms with Crippen LogP contribution in [0, 0.1) is 0 Å². The first-order valence-electron chi connectivity index (χ1n) is 7.41. The van der Waals surface area contributed by atoms with Crippen molar-refractivity contribution in [1.82, 2.24) is 19.7 Å². The van der Waals surface area contributed by atoms with E-state index in [9.17, 15) is 4.79 Å². The van der Waals surface area contributed by atoms with Gasteiger partial charge in [-0.1, -0.05) is 0 Å². The minimum Gasteiger partial charge on any atom is -0.463 e. The summed E-state index contributed by atoms with van der Waals surface area (Å²) < 4.78 is 7.11. The van der Waals surface area contributed by atoms with Crippen LogP contribution < -0.4 is 0 Å². The molecule has 0 aromatic carbocycles. The smallest absolute Gasteiger partial charge is 0.333 e. The number of esters is 1. The first kappa shape index (κ1) is 14.4. The Hall–Kier alpha value is -2.50. The normalized spacial score (nSPS) is 14.9. The maximum absolute atomic E-state index is 11.8. The summed E-state index contributed by atoms with van der Waals surface area (Å²) in [6.45, 7) is 3.89. The molecular weight excluding hydrogens is 280 g/mol. The second kappa shape index (κ2) is 6.09. The largest absolute Gasteiger partial charge is 0.463 e. The molecule has 1 saturated carbocycles. The van der Waals surface area contributed by atoms with Crippen molar-refractivity contribution in [3.05, 3.63) is 35.9 Å². The van der Waals surface area contributed by atoms with E-state index in [0.29, 0.717) is 24.0 Å². The van der Waals surface area contributed by atoms with Crippen LogP contribution in [0.3, 0.4) is 0 Å². The van der Waals surface area contributed by atoms with E-state index in [1.54, 1.807) is 32.3 Å². The van der Waals surface area contributed by atoms with Crippen molar-refractivity contribution in [2.24, 2.45) is 0 Å². The Labute approximate surface area is 128 Å². The molecule has 6 heteroatoms. The van der Waals surface area contributed by atoms with Crippen molar-refractivity contribution in [3.8, 4) is 11.4 Å². The fourth-order valence-corrected chi connectivity index (χ4v) is 2.29. The van der Waals surface area contributed by atoms with Crippen molar-refractivity contribution in [2.45, 2.75) is 32.7 Å². The predicted octanol–water partition coefficient (Wildman–Crippen LogP) is 2.64. The van der Waals surface area contributed by atoms with E-state index in [0.717, 1.165) is 24.2 Å². The molecule has 6 nitrogen and oxygen atoms in total. The van der Waals surface area contributed by atoms with Gasteiger partial charge in [-0.3, -0.25) is 4.98 Å². The number of nitrogens with zero attached hydrogens (tertiary/aromatic N) is 4. The van der Waals surface area contributed by atoms with Gasteiger partial charge in [0.15, 0.2) is 11.6 Å². The van der Waals surface area contributed by atoms with Gasteiger partial charge >= 0.3 is 5.97 Å². The van der Waals surface area contributed by atoms with Gasteiger partial charge in [-0.05, 0) is 44.9 Å². The lowest BCUT2D eigenvalue weighted by Crippen LogP contribution is -2.06. The molecule has 0 spiro atoms. The molecule has 0 unspecified atom stereocenters. The first-order chi connectivity index (χ1) is 10.7. The molecule has 0 radical (unpaired) electrons. The van der Waals surface area contributed by atoms with Crippen molar-refractivity contribution in [3.63, 3.8) is 0 Å². The van der Waals surface area contributed by atoms with Crippen LogP contribution in [0.2, 0.25) is 0 Å². The summed E-state index contributed by atoms with van der Waals surface area (Å²) in [6.07, 6.45) is 7.43. The molecule has 1 aliphatic carbocycles. The molecule has 2 heterocycles. The number of hydrogen-bond acceptors (Lipinski definition) is 5. The lowest BCUT2D eigenvalue weighted by atomic mass is 10.2.